The molecule has 1 aliphatic carbocycles. The molecular weight excluding hydrogens is 240 g/mol. The zero-order valence-corrected chi connectivity index (χ0v) is 12.1. The third kappa shape index (κ3) is 3.48. The van der Waals surface area contributed by atoms with E-state index in [-0.39, 0.29) is 17.4 Å². The van der Waals surface area contributed by atoms with Gasteiger partial charge in [0.2, 0.25) is 5.91 Å². The van der Waals surface area contributed by atoms with Crippen molar-refractivity contribution in [1.29, 1.82) is 0 Å². The van der Waals surface area contributed by atoms with Gasteiger partial charge in [-0.05, 0) is 38.5 Å². The van der Waals surface area contributed by atoms with Crippen LogP contribution in [0.15, 0.2) is 0 Å². The Labute approximate surface area is 116 Å². The fourth-order valence-corrected chi connectivity index (χ4v) is 3.45. The van der Waals surface area contributed by atoms with Crippen LogP contribution in [0.25, 0.3) is 0 Å². The molecule has 1 aliphatic heterocycles. The normalized spacial score (nSPS) is 25.8. The molecule has 0 bridgehead atoms. The van der Waals surface area contributed by atoms with Gasteiger partial charge in [0.1, 0.15) is 0 Å². The second-order valence-electron chi connectivity index (χ2n) is 6.26. The standard InChI is InChI=1S/C15H28N2O2/c1-12(13-5-9-19-10-6-13)17-14(18)15(11-16)7-3-2-4-8-15/h12-13H,2-11,16H2,1H3,(H,17,18). The number of amides is 1. The van der Waals surface area contributed by atoms with E-state index in [0.29, 0.717) is 12.5 Å². The Kier molecular flexibility index (Phi) is 5.22. The first-order valence-electron chi connectivity index (χ1n) is 7.77. The highest BCUT2D eigenvalue weighted by molar-refractivity contribution is 5.83. The first-order valence-corrected chi connectivity index (χ1v) is 7.77. The summed E-state index contributed by atoms with van der Waals surface area (Å²) in [4.78, 5) is 12.6. The molecule has 1 amide bonds. The zero-order chi connectivity index (χ0) is 13.7. The van der Waals surface area contributed by atoms with Crippen molar-refractivity contribution in [2.45, 2.75) is 57.9 Å². The maximum absolute atomic E-state index is 12.6. The number of hydrogen-bond acceptors (Lipinski definition) is 3. The van der Waals surface area contributed by atoms with Crippen LogP contribution < -0.4 is 11.1 Å². The Morgan fingerprint density at radius 2 is 1.95 bits per heavy atom. The van der Waals surface area contributed by atoms with Crippen molar-refractivity contribution in [2.24, 2.45) is 17.1 Å². The van der Waals surface area contributed by atoms with E-state index in [1.165, 1.54) is 6.42 Å². The van der Waals surface area contributed by atoms with Gasteiger partial charge < -0.3 is 15.8 Å². The van der Waals surface area contributed by atoms with Crippen LogP contribution in [0.5, 0.6) is 0 Å². The first kappa shape index (κ1) is 14.8. The van der Waals surface area contributed by atoms with Gasteiger partial charge >= 0.3 is 0 Å². The molecule has 0 aromatic heterocycles. The Balaban J connectivity index is 1.90. The minimum absolute atomic E-state index is 0.189. The van der Waals surface area contributed by atoms with Gasteiger partial charge in [0.05, 0.1) is 5.41 Å². The van der Waals surface area contributed by atoms with Crippen LogP contribution in [0, 0.1) is 11.3 Å². The maximum atomic E-state index is 12.6. The average molecular weight is 268 g/mol. The summed E-state index contributed by atoms with van der Waals surface area (Å²) in [6, 6.07) is 0.238. The van der Waals surface area contributed by atoms with Crippen molar-refractivity contribution in [3.05, 3.63) is 0 Å². The van der Waals surface area contributed by atoms with E-state index in [0.717, 1.165) is 51.7 Å². The molecule has 1 saturated carbocycles. The summed E-state index contributed by atoms with van der Waals surface area (Å²) in [6.07, 6.45) is 7.52. The van der Waals surface area contributed by atoms with Gasteiger partial charge in [0.15, 0.2) is 0 Å². The number of nitrogens with one attached hydrogen (secondary N) is 1. The Hall–Kier alpha value is -0.610. The number of hydrogen-bond donors (Lipinski definition) is 2. The van der Waals surface area contributed by atoms with Gasteiger partial charge in [-0.2, -0.15) is 0 Å². The monoisotopic (exact) mass is 268 g/mol. The molecule has 4 heteroatoms. The molecule has 2 fully saturated rings. The van der Waals surface area contributed by atoms with Crippen LogP contribution in [0.1, 0.15) is 51.9 Å². The van der Waals surface area contributed by atoms with Crippen LogP contribution in [-0.2, 0) is 9.53 Å². The third-order valence-corrected chi connectivity index (χ3v) is 5.01. The second kappa shape index (κ2) is 6.71. The molecule has 2 rings (SSSR count). The van der Waals surface area contributed by atoms with Gasteiger partial charge in [-0.25, -0.2) is 0 Å². The molecule has 19 heavy (non-hydrogen) atoms. The summed E-state index contributed by atoms with van der Waals surface area (Å²) >= 11 is 0. The summed E-state index contributed by atoms with van der Waals surface area (Å²) < 4.78 is 5.38. The lowest BCUT2D eigenvalue weighted by Crippen LogP contribution is -2.51. The van der Waals surface area contributed by atoms with Crippen LogP contribution >= 0.6 is 0 Å². The fraction of sp³-hybridized carbons (Fsp3) is 0.933. The van der Waals surface area contributed by atoms with Gasteiger partial charge in [0, 0.05) is 25.8 Å². The minimum atomic E-state index is -0.294. The van der Waals surface area contributed by atoms with E-state index in [1.807, 2.05) is 0 Å². The molecular formula is C15H28N2O2. The van der Waals surface area contributed by atoms with Gasteiger partial charge in [-0.15, -0.1) is 0 Å². The quantitative estimate of drug-likeness (QED) is 0.817. The topological polar surface area (TPSA) is 64.4 Å². The molecule has 0 aromatic rings. The van der Waals surface area contributed by atoms with E-state index in [2.05, 4.69) is 12.2 Å². The number of carbonyl (C=O) groups excluding carboxylic acids is 1. The Morgan fingerprint density at radius 1 is 1.32 bits per heavy atom. The fourth-order valence-electron chi connectivity index (χ4n) is 3.45. The minimum Gasteiger partial charge on any atom is -0.381 e. The van der Waals surface area contributed by atoms with E-state index in [9.17, 15) is 4.79 Å². The van der Waals surface area contributed by atoms with Gasteiger partial charge in [-0.1, -0.05) is 19.3 Å². The maximum Gasteiger partial charge on any atom is 0.227 e. The SMILES string of the molecule is CC(NC(=O)C1(CN)CCCCC1)C1CCOCC1. The smallest absolute Gasteiger partial charge is 0.227 e. The molecule has 2 aliphatic rings. The van der Waals surface area contributed by atoms with E-state index < -0.39 is 0 Å². The number of nitrogens with two attached hydrogens (primary N) is 1. The molecule has 0 aromatic carbocycles. The lowest BCUT2D eigenvalue weighted by atomic mass is 9.73. The predicted octanol–water partition coefficient (Wildman–Crippen LogP) is 1.83. The molecule has 1 saturated heterocycles. The predicted molar refractivity (Wildman–Crippen MR) is 75.7 cm³/mol. The second-order valence-corrected chi connectivity index (χ2v) is 6.26. The molecule has 4 nitrogen and oxygen atoms in total. The summed E-state index contributed by atoms with van der Waals surface area (Å²) in [6.45, 7) is 4.26. The Bertz CT molecular complexity index is 295. The Morgan fingerprint density at radius 3 is 2.53 bits per heavy atom. The summed E-state index contributed by atoms with van der Waals surface area (Å²) in [5.74, 6) is 0.741. The highest BCUT2D eigenvalue weighted by Crippen LogP contribution is 2.36. The summed E-state index contributed by atoms with van der Waals surface area (Å²) in [7, 11) is 0. The lowest BCUT2D eigenvalue weighted by molar-refractivity contribution is -0.133. The van der Waals surface area contributed by atoms with Crippen LogP contribution in [0.4, 0.5) is 0 Å². The van der Waals surface area contributed by atoms with Crippen molar-refractivity contribution in [3.8, 4) is 0 Å². The highest BCUT2D eigenvalue weighted by atomic mass is 16.5. The number of ether oxygens (including phenoxy) is 1. The van der Waals surface area contributed by atoms with Crippen molar-refractivity contribution in [1.82, 2.24) is 5.32 Å². The molecule has 0 spiro atoms. The molecule has 1 unspecified atom stereocenters. The van der Waals surface area contributed by atoms with Crippen LogP contribution in [0.3, 0.4) is 0 Å². The van der Waals surface area contributed by atoms with E-state index >= 15 is 0 Å². The molecule has 0 radical (unpaired) electrons. The molecule has 1 heterocycles. The van der Waals surface area contributed by atoms with Crippen molar-refractivity contribution in [3.63, 3.8) is 0 Å². The van der Waals surface area contributed by atoms with Crippen molar-refractivity contribution < 1.29 is 9.53 Å². The molecule has 1 atom stereocenters. The first-order chi connectivity index (χ1) is 9.18. The number of rotatable bonds is 4. The van der Waals surface area contributed by atoms with E-state index in [1.54, 1.807) is 0 Å². The van der Waals surface area contributed by atoms with Crippen molar-refractivity contribution in [2.75, 3.05) is 19.8 Å². The van der Waals surface area contributed by atoms with Crippen LogP contribution in [-0.4, -0.2) is 31.7 Å². The zero-order valence-electron chi connectivity index (χ0n) is 12.1. The average Bonchev–Trinajstić information content (AvgIpc) is 2.48. The molecule has 3 N–H and O–H groups in total. The summed E-state index contributed by atoms with van der Waals surface area (Å²) in [5, 5.41) is 3.24. The highest BCUT2D eigenvalue weighted by Gasteiger charge is 2.39. The van der Waals surface area contributed by atoms with E-state index in [4.69, 9.17) is 10.5 Å². The summed E-state index contributed by atoms with van der Waals surface area (Å²) in [5.41, 5.74) is 5.62. The van der Waals surface area contributed by atoms with Crippen LogP contribution in [0.2, 0.25) is 0 Å². The lowest BCUT2D eigenvalue weighted by Gasteiger charge is -2.37. The van der Waals surface area contributed by atoms with Crippen molar-refractivity contribution >= 4 is 5.91 Å². The van der Waals surface area contributed by atoms with Gasteiger partial charge in [0.25, 0.3) is 0 Å². The number of carbonyl (C=O) groups is 1. The third-order valence-electron chi connectivity index (χ3n) is 5.01. The molecule has 110 valence electrons. The largest absolute Gasteiger partial charge is 0.381 e. The van der Waals surface area contributed by atoms with Gasteiger partial charge in [-0.3, -0.25) is 4.79 Å².